The molecule has 1 aromatic heterocycles. The van der Waals surface area contributed by atoms with Crippen LogP contribution in [0.25, 0.3) is 21.7 Å². The molecule has 39 heavy (non-hydrogen) atoms. The highest BCUT2D eigenvalue weighted by molar-refractivity contribution is 7.98. The molecule has 6 nitrogen and oxygen atoms in total. The van der Waals surface area contributed by atoms with E-state index in [0.29, 0.717) is 33.9 Å². The van der Waals surface area contributed by atoms with Crippen molar-refractivity contribution in [3.8, 4) is 21.7 Å². The number of ether oxygens (including phenoxy) is 1. The van der Waals surface area contributed by atoms with Crippen molar-refractivity contribution < 1.29 is 23.8 Å². The van der Waals surface area contributed by atoms with Crippen LogP contribution in [0.3, 0.4) is 0 Å². The number of nitrogens with zero attached hydrogens (tertiary/aromatic N) is 1. The summed E-state index contributed by atoms with van der Waals surface area (Å²) in [6.45, 7) is 1.96. The third-order valence-corrected chi connectivity index (χ3v) is 8.06. The molecule has 1 heterocycles. The van der Waals surface area contributed by atoms with Gasteiger partial charge in [0.05, 0.1) is 4.88 Å². The molecule has 2 unspecified atom stereocenters. The molecule has 0 saturated heterocycles. The van der Waals surface area contributed by atoms with Crippen molar-refractivity contribution in [2.24, 2.45) is 0 Å². The Labute approximate surface area is 235 Å². The van der Waals surface area contributed by atoms with E-state index in [9.17, 15) is 19.1 Å². The maximum Gasteiger partial charge on any atom is 0.326 e. The molecular formula is C30H29FN2O4S2. The Bertz CT molecular complexity index is 1470. The van der Waals surface area contributed by atoms with Gasteiger partial charge in [0.1, 0.15) is 23.0 Å². The first-order valence-electron chi connectivity index (χ1n) is 12.3. The number of aliphatic carboxylic acids is 1. The number of thiazole rings is 1. The van der Waals surface area contributed by atoms with E-state index in [4.69, 9.17) is 4.74 Å². The minimum atomic E-state index is -1.06. The van der Waals surface area contributed by atoms with Gasteiger partial charge in [-0.3, -0.25) is 4.79 Å². The highest BCUT2D eigenvalue weighted by Gasteiger charge is 2.25. The lowest BCUT2D eigenvalue weighted by molar-refractivity contribution is -0.139. The molecule has 0 saturated carbocycles. The number of amides is 1. The number of halogens is 1. The number of rotatable bonds is 11. The van der Waals surface area contributed by atoms with Gasteiger partial charge in [-0.25, -0.2) is 14.2 Å². The first-order chi connectivity index (χ1) is 18.8. The van der Waals surface area contributed by atoms with Crippen LogP contribution in [0.15, 0.2) is 72.9 Å². The van der Waals surface area contributed by atoms with Crippen LogP contribution >= 0.6 is 23.1 Å². The van der Waals surface area contributed by atoms with E-state index in [0.717, 1.165) is 21.6 Å². The van der Waals surface area contributed by atoms with Crippen molar-refractivity contribution in [3.63, 3.8) is 0 Å². The molecule has 0 fully saturated rings. The topological polar surface area (TPSA) is 88.5 Å². The summed E-state index contributed by atoms with van der Waals surface area (Å²) < 4.78 is 19.6. The third-order valence-electron chi connectivity index (χ3n) is 6.33. The Morgan fingerprint density at radius 3 is 2.59 bits per heavy atom. The lowest BCUT2D eigenvalue weighted by Gasteiger charge is -2.20. The van der Waals surface area contributed by atoms with Crippen molar-refractivity contribution in [3.05, 3.63) is 100 Å². The lowest BCUT2D eigenvalue weighted by Crippen LogP contribution is -2.41. The molecule has 2 N–H and O–H groups in total. The van der Waals surface area contributed by atoms with Crippen LogP contribution in [-0.4, -0.2) is 47.1 Å². The zero-order valence-corrected chi connectivity index (χ0v) is 23.4. The second-order valence-corrected chi connectivity index (χ2v) is 11.0. The van der Waals surface area contributed by atoms with E-state index in [1.165, 1.54) is 35.2 Å². The van der Waals surface area contributed by atoms with Gasteiger partial charge in [-0.05, 0) is 71.9 Å². The second-order valence-electron chi connectivity index (χ2n) is 8.96. The molecular weight excluding hydrogens is 535 g/mol. The second kappa shape index (κ2) is 13.0. The minimum Gasteiger partial charge on any atom is -0.480 e. The molecule has 4 aromatic rings. The molecule has 0 aliphatic carbocycles. The average molecular weight is 565 g/mol. The van der Waals surface area contributed by atoms with Crippen LogP contribution < -0.4 is 5.32 Å². The Hall–Kier alpha value is -3.53. The SMILES string of the molecule is COC(c1ccc(C(=O)NC(CCSC)C(=O)O)c(-c2ccccc2C)c1)c1cnc(-c2cccc(F)c2)s1. The lowest BCUT2D eigenvalue weighted by atomic mass is 9.92. The molecule has 1 amide bonds. The highest BCUT2D eigenvalue weighted by Crippen LogP contribution is 2.37. The summed E-state index contributed by atoms with van der Waals surface area (Å²) in [5, 5.41) is 13.0. The summed E-state index contributed by atoms with van der Waals surface area (Å²) in [6.07, 6.45) is 3.46. The number of carbonyl (C=O) groups is 2. The van der Waals surface area contributed by atoms with E-state index >= 15 is 0 Å². The van der Waals surface area contributed by atoms with Gasteiger partial charge in [0.15, 0.2) is 0 Å². The first-order valence-corrected chi connectivity index (χ1v) is 14.5. The minimum absolute atomic E-state index is 0.324. The average Bonchev–Trinajstić information content (AvgIpc) is 3.41. The number of carboxylic acid groups (broad SMARTS) is 1. The van der Waals surface area contributed by atoms with E-state index in [1.807, 2.05) is 49.6 Å². The standard InChI is InChI=1S/C30H29FN2O4S2/c1-18-7-4-5-10-22(18)24-16-19(11-12-23(24)28(34)33-25(30(35)36)13-14-38-3)27(37-2)26-17-32-29(39-26)20-8-6-9-21(31)15-20/h4-12,15-17,25,27H,13-14H2,1-3H3,(H,33,34)(H,35,36). The number of nitrogens with one attached hydrogen (secondary N) is 1. The molecule has 2 atom stereocenters. The van der Waals surface area contributed by atoms with E-state index in [1.54, 1.807) is 31.5 Å². The summed E-state index contributed by atoms with van der Waals surface area (Å²) >= 11 is 2.93. The molecule has 9 heteroatoms. The van der Waals surface area contributed by atoms with Gasteiger partial charge in [0.2, 0.25) is 0 Å². The normalized spacial score (nSPS) is 12.6. The largest absolute Gasteiger partial charge is 0.480 e. The van der Waals surface area contributed by atoms with Crippen LogP contribution in [0.2, 0.25) is 0 Å². The molecule has 4 rings (SSSR count). The van der Waals surface area contributed by atoms with Gasteiger partial charge in [0, 0.05) is 24.4 Å². The number of carbonyl (C=O) groups excluding carboxylic acids is 1. The van der Waals surface area contributed by atoms with Gasteiger partial charge in [-0.15, -0.1) is 11.3 Å². The van der Waals surface area contributed by atoms with Gasteiger partial charge in [-0.2, -0.15) is 11.8 Å². The molecule has 0 spiro atoms. The number of hydrogen-bond acceptors (Lipinski definition) is 6. The van der Waals surface area contributed by atoms with Gasteiger partial charge >= 0.3 is 5.97 Å². The summed E-state index contributed by atoms with van der Waals surface area (Å²) in [5.74, 6) is -1.23. The maximum absolute atomic E-state index is 13.8. The number of methoxy groups -OCH3 is 1. The van der Waals surface area contributed by atoms with E-state index < -0.39 is 24.0 Å². The number of aryl methyl sites for hydroxylation is 1. The van der Waals surface area contributed by atoms with Crippen LogP contribution in [0.5, 0.6) is 0 Å². The van der Waals surface area contributed by atoms with Gasteiger partial charge < -0.3 is 15.2 Å². The number of aromatic nitrogens is 1. The van der Waals surface area contributed by atoms with Crippen molar-refractivity contribution in [1.29, 1.82) is 0 Å². The molecule has 3 aromatic carbocycles. The van der Waals surface area contributed by atoms with Gasteiger partial charge in [-0.1, -0.05) is 42.5 Å². The monoisotopic (exact) mass is 564 g/mol. The summed E-state index contributed by atoms with van der Waals surface area (Å²) in [5.41, 5.74) is 4.38. The summed E-state index contributed by atoms with van der Waals surface area (Å²) in [6, 6.07) is 18.4. The van der Waals surface area contributed by atoms with Crippen molar-refractivity contribution in [2.45, 2.75) is 25.5 Å². The van der Waals surface area contributed by atoms with Crippen molar-refractivity contribution >= 4 is 35.0 Å². The quantitative estimate of drug-likeness (QED) is 0.214. The zero-order chi connectivity index (χ0) is 27.9. The molecule has 0 aliphatic heterocycles. The molecule has 0 aliphatic rings. The first kappa shape index (κ1) is 28.5. The predicted octanol–water partition coefficient (Wildman–Crippen LogP) is 6.60. The predicted molar refractivity (Wildman–Crippen MR) is 155 cm³/mol. The van der Waals surface area contributed by atoms with Crippen LogP contribution in [0.4, 0.5) is 4.39 Å². The maximum atomic E-state index is 13.8. The van der Waals surface area contributed by atoms with E-state index in [2.05, 4.69) is 10.3 Å². The highest BCUT2D eigenvalue weighted by atomic mass is 32.2. The number of hydrogen-bond donors (Lipinski definition) is 2. The third kappa shape index (κ3) is 6.73. The fourth-order valence-corrected chi connectivity index (χ4v) is 5.82. The summed E-state index contributed by atoms with van der Waals surface area (Å²) in [4.78, 5) is 30.5. The molecule has 202 valence electrons. The Morgan fingerprint density at radius 2 is 1.90 bits per heavy atom. The van der Waals surface area contributed by atoms with E-state index in [-0.39, 0.29) is 5.82 Å². The smallest absolute Gasteiger partial charge is 0.326 e. The zero-order valence-electron chi connectivity index (χ0n) is 21.8. The Balaban J connectivity index is 1.73. The molecule has 0 radical (unpaired) electrons. The van der Waals surface area contributed by atoms with Crippen LogP contribution in [-0.2, 0) is 9.53 Å². The van der Waals surface area contributed by atoms with Crippen molar-refractivity contribution in [2.75, 3.05) is 19.1 Å². The number of thioether (sulfide) groups is 1. The van der Waals surface area contributed by atoms with Gasteiger partial charge in [0.25, 0.3) is 5.91 Å². The Kier molecular flexibility index (Phi) is 9.50. The number of benzene rings is 3. The van der Waals surface area contributed by atoms with Crippen LogP contribution in [0, 0.1) is 12.7 Å². The fourth-order valence-electron chi connectivity index (χ4n) is 4.33. The Morgan fingerprint density at radius 1 is 1.10 bits per heavy atom. The summed E-state index contributed by atoms with van der Waals surface area (Å²) in [7, 11) is 1.60. The van der Waals surface area contributed by atoms with Crippen molar-refractivity contribution in [1.82, 2.24) is 10.3 Å². The van der Waals surface area contributed by atoms with Crippen LogP contribution in [0.1, 0.15) is 38.9 Å². The fraction of sp³-hybridized carbons (Fsp3) is 0.233. The molecule has 0 bridgehead atoms. The number of carboxylic acids is 1.